The summed E-state index contributed by atoms with van der Waals surface area (Å²) in [7, 11) is 1.72. The van der Waals surface area contributed by atoms with Crippen LogP contribution in [0.2, 0.25) is 0 Å². The normalized spacial score (nSPS) is 15.1. The van der Waals surface area contributed by atoms with E-state index in [1.54, 1.807) is 19.2 Å². The van der Waals surface area contributed by atoms with Crippen molar-refractivity contribution in [1.29, 1.82) is 0 Å². The second-order valence-corrected chi connectivity index (χ2v) is 6.43. The molecule has 0 amide bonds. The molecule has 1 aliphatic carbocycles. The number of pyridine rings is 1. The lowest BCUT2D eigenvalue weighted by molar-refractivity contribution is 0.201. The van der Waals surface area contributed by atoms with Crippen LogP contribution < -0.4 is 15.4 Å². The Morgan fingerprint density at radius 3 is 2.35 bits per heavy atom. The van der Waals surface area contributed by atoms with Gasteiger partial charge in [-0.25, -0.2) is 9.37 Å². The number of aliphatic imine (C=N–C) groups is 1. The first kappa shape index (κ1) is 18.2. The van der Waals surface area contributed by atoms with Gasteiger partial charge in [0.25, 0.3) is 0 Å². The van der Waals surface area contributed by atoms with Gasteiger partial charge in [-0.15, -0.1) is 0 Å². The molecule has 138 valence electrons. The van der Waals surface area contributed by atoms with Crippen molar-refractivity contribution in [3.05, 3.63) is 59.5 Å². The van der Waals surface area contributed by atoms with Gasteiger partial charge < -0.3 is 15.4 Å². The molecule has 1 aromatic carbocycles. The second kappa shape index (κ2) is 9.17. The molecule has 2 aromatic rings. The van der Waals surface area contributed by atoms with Gasteiger partial charge in [0.2, 0.25) is 5.88 Å². The highest BCUT2D eigenvalue weighted by Crippen LogP contribution is 2.22. The van der Waals surface area contributed by atoms with Crippen LogP contribution in [0.15, 0.2) is 47.6 Å². The minimum atomic E-state index is -0.232. The van der Waals surface area contributed by atoms with Crippen LogP contribution >= 0.6 is 0 Å². The molecule has 5 nitrogen and oxygen atoms in total. The SMILES string of the molecule is CN=C(NCc1ccc(F)cc1)NCc1ccc(OC2CCCC2)nc1. The molecule has 1 aliphatic rings. The topological polar surface area (TPSA) is 58.5 Å². The highest BCUT2D eigenvalue weighted by Gasteiger charge is 2.16. The Hall–Kier alpha value is -2.63. The Morgan fingerprint density at radius 1 is 1.08 bits per heavy atom. The van der Waals surface area contributed by atoms with Gasteiger partial charge in [0.05, 0.1) is 0 Å². The summed E-state index contributed by atoms with van der Waals surface area (Å²) < 4.78 is 18.8. The Labute approximate surface area is 153 Å². The van der Waals surface area contributed by atoms with Crippen LogP contribution in [0, 0.1) is 5.82 Å². The fraction of sp³-hybridized carbons (Fsp3) is 0.400. The Morgan fingerprint density at radius 2 is 1.73 bits per heavy atom. The van der Waals surface area contributed by atoms with Crippen LogP contribution in [0.5, 0.6) is 5.88 Å². The molecule has 0 spiro atoms. The lowest BCUT2D eigenvalue weighted by Gasteiger charge is -2.13. The van der Waals surface area contributed by atoms with Gasteiger partial charge >= 0.3 is 0 Å². The third-order valence-electron chi connectivity index (χ3n) is 4.44. The van der Waals surface area contributed by atoms with Gasteiger partial charge in [-0.1, -0.05) is 18.2 Å². The molecule has 0 radical (unpaired) electrons. The molecule has 1 aromatic heterocycles. The van der Waals surface area contributed by atoms with Gasteiger partial charge in [-0.05, 0) is 48.9 Å². The molecule has 0 aliphatic heterocycles. The van der Waals surface area contributed by atoms with Gasteiger partial charge in [-0.2, -0.15) is 0 Å². The molecule has 1 heterocycles. The van der Waals surface area contributed by atoms with E-state index in [0.29, 0.717) is 31.0 Å². The van der Waals surface area contributed by atoms with Crippen LogP contribution in [-0.4, -0.2) is 24.1 Å². The largest absolute Gasteiger partial charge is 0.474 e. The predicted octanol–water partition coefficient (Wildman–Crippen LogP) is 3.41. The monoisotopic (exact) mass is 356 g/mol. The Kier molecular flexibility index (Phi) is 6.41. The molecule has 6 heteroatoms. The van der Waals surface area contributed by atoms with Crippen molar-refractivity contribution in [2.75, 3.05) is 7.05 Å². The van der Waals surface area contributed by atoms with E-state index in [9.17, 15) is 4.39 Å². The van der Waals surface area contributed by atoms with Crippen LogP contribution in [0.25, 0.3) is 0 Å². The van der Waals surface area contributed by atoms with E-state index in [4.69, 9.17) is 4.74 Å². The van der Waals surface area contributed by atoms with Crippen molar-refractivity contribution in [2.24, 2.45) is 4.99 Å². The maximum absolute atomic E-state index is 12.9. The third-order valence-corrected chi connectivity index (χ3v) is 4.44. The second-order valence-electron chi connectivity index (χ2n) is 6.43. The maximum atomic E-state index is 12.9. The van der Waals surface area contributed by atoms with E-state index in [-0.39, 0.29) is 5.82 Å². The minimum absolute atomic E-state index is 0.232. The van der Waals surface area contributed by atoms with E-state index < -0.39 is 0 Å². The van der Waals surface area contributed by atoms with Crippen molar-refractivity contribution in [3.8, 4) is 5.88 Å². The number of rotatable bonds is 6. The van der Waals surface area contributed by atoms with Crippen molar-refractivity contribution in [1.82, 2.24) is 15.6 Å². The van der Waals surface area contributed by atoms with Gasteiger partial charge in [0.15, 0.2) is 5.96 Å². The third kappa shape index (κ3) is 5.44. The number of benzene rings is 1. The Bertz CT molecular complexity index is 710. The fourth-order valence-electron chi connectivity index (χ4n) is 2.96. The highest BCUT2D eigenvalue weighted by molar-refractivity contribution is 5.79. The van der Waals surface area contributed by atoms with E-state index in [1.165, 1.54) is 25.0 Å². The summed E-state index contributed by atoms with van der Waals surface area (Å²) in [4.78, 5) is 8.59. The number of aromatic nitrogens is 1. The van der Waals surface area contributed by atoms with Gasteiger partial charge in [-0.3, -0.25) is 4.99 Å². The number of guanidine groups is 1. The number of halogens is 1. The summed E-state index contributed by atoms with van der Waals surface area (Å²) in [6.07, 6.45) is 6.89. The number of hydrogen-bond donors (Lipinski definition) is 2. The lowest BCUT2D eigenvalue weighted by atomic mass is 10.2. The zero-order chi connectivity index (χ0) is 18.2. The summed E-state index contributed by atoms with van der Waals surface area (Å²) in [6.45, 7) is 1.19. The van der Waals surface area contributed by atoms with E-state index in [0.717, 1.165) is 24.0 Å². The average Bonchev–Trinajstić information content (AvgIpc) is 3.17. The first-order chi connectivity index (χ1) is 12.7. The van der Waals surface area contributed by atoms with Crippen LogP contribution in [0.3, 0.4) is 0 Å². The summed E-state index contributed by atoms with van der Waals surface area (Å²) in [5.74, 6) is 1.14. The summed E-state index contributed by atoms with van der Waals surface area (Å²) in [5, 5.41) is 6.45. The van der Waals surface area contributed by atoms with Crippen LogP contribution in [0.1, 0.15) is 36.8 Å². The van der Waals surface area contributed by atoms with Crippen LogP contribution in [0.4, 0.5) is 4.39 Å². The molecule has 26 heavy (non-hydrogen) atoms. The van der Waals surface area contributed by atoms with E-state index in [1.807, 2.05) is 18.3 Å². The molecule has 0 saturated heterocycles. The number of nitrogens with zero attached hydrogens (tertiary/aromatic N) is 2. The van der Waals surface area contributed by atoms with Crippen molar-refractivity contribution in [3.63, 3.8) is 0 Å². The summed E-state index contributed by atoms with van der Waals surface area (Å²) in [6, 6.07) is 10.3. The molecule has 0 bridgehead atoms. The molecule has 2 N–H and O–H groups in total. The Balaban J connectivity index is 1.44. The van der Waals surface area contributed by atoms with E-state index >= 15 is 0 Å². The molecule has 3 rings (SSSR count). The molecule has 1 saturated carbocycles. The number of nitrogens with one attached hydrogen (secondary N) is 2. The average molecular weight is 356 g/mol. The van der Waals surface area contributed by atoms with Gasteiger partial charge in [0, 0.05) is 32.4 Å². The zero-order valence-corrected chi connectivity index (χ0v) is 15.0. The smallest absolute Gasteiger partial charge is 0.213 e. The summed E-state index contributed by atoms with van der Waals surface area (Å²) in [5.41, 5.74) is 2.04. The van der Waals surface area contributed by atoms with Gasteiger partial charge in [0.1, 0.15) is 11.9 Å². The maximum Gasteiger partial charge on any atom is 0.213 e. The van der Waals surface area contributed by atoms with Crippen molar-refractivity contribution in [2.45, 2.75) is 44.9 Å². The lowest BCUT2D eigenvalue weighted by Crippen LogP contribution is -2.36. The quantitative estimate of drug-likeness (QED) is 0.615. The highest BCUT2D eigenvalue weighted by atomic mass is 19.1. The van der Waals surface area contributed by atoms with E-state index in [2.05, 4.69) is 20.6 Å². The fourth-order valence-corrected chi connectivity index (χ4v) is 2.96. The molecule has 1 fully saturated rings. The molecule has 0 atom stereocenters. The number of ether oxygens (including phenoxy) is 1. The number of hydrogen-bond acceptors (Lipinski definition) is 3. The molecule has 0 unspecified atom stereocenters. The van der Waals surface area contributed by atoms with Crippen molar-refractivity contribution < 1.29 is 9.13 Å². The first-order valence-electron chi connectivity index (χ1n) is 9.03. The first-order valence-corrected chi connectivity index (χ1v) is 9.03. The molecular formula is C20H25FN4O. The summed E-state index contributed by atoms with van der Waals surface area (Å²) >= 11 is 0. The zero-order valence-electron chi connectivity index (χ0n) is 15.0. The van der Waals surface area contributed by atoms with Crippen molar-refractivity contribution >= 4 is 5.96 Å². The minimum Gasteiger partial charge on any atom is -0.474 e. The molecular weight excluding hydrogens is 331 g/mol. The standard InChI is InChI=1S/C20H25FN4O/c1-22-20(24-12-15-6-9-17(21)10-7-15)25-14-16-8-11-19(23-13-16)26-18-4-2-3-5-18/h6-11,13,18H,2-5,12,14H2,1H3,(H2,22,24,25). The van der Waals surface area contributed by atoms with Crippen LogP contribution in [-0.2, 0) is 13.1 Å². The predicted molar refractivity (Wildman–Crippen MR) is 101 cm³/mol.